The number of hydrazone groups is 1. The predicted octanol–water partition coefficient (Wildman–Crippen LogP) is 3.59. The third kappa shape index (κ3) is 3.21. The van der Waals surface area contributed by atoms with Gasteiger partial charge in [-0.25, -0.2) is 9.99 Å². The predicted molar refractivity (Wildman–Crippen MR) is 112 cm³/mol. The maximum atomic E-state index is 12.8. The van der Waals surface area contributed by atoms with Crippen LogP contribution in [0.5, 0.6) is 0 Å². The number of likely N-dealkylation sites (tertiary alicyclic amines) is 1. The molecule has 3 aliphatic heterocycles. The second-order valence-electron chi connectivity index (χ2n) is 7.71. The molecule has 0 bridgehead atoms. The Bertz CT molecular complexity index is 1030. The molecule has 1 fully saturated rings. The van der Waals surface area contributed by atoms with Gasteiger partial charge >= 0.3 is 0 Å². The first-order valence-corrected chi connectivity index (χ1v) is 10.8. The van der Waals surface area contributed by atoms with Gasteiger partial charge in [-0.2, -0.15) is 5.10 Å². The third-order valence-corrected chi connectivity index (χ3v) is 7.15. The summed E-state index contributed by atoms with van der Waals surface area (Å²) in [6.45, 7) is 4.02. The lowest BCUT2D eigenvalue weighted by molar-refractivity contribution is -0.126. The van der Waals surface area contributed by atoms with Crippen LogP contribution in [0.15, 0.2) is 45.9 Å². The summed E-state index contributed by atoms with van der Waals surface area (Å²) >= 11 is 0. The molecule has 1 amide bonds. The summed E-state index contributed by atoms with van der Waals surface area (Å²) in [6.07, 6.45) is 8.23. The van der Waals surface area contributed by atoms with Gasteiger partial charge in [0, 0.05) is 18.9 Å². The summed E-state index contributed by atoms with van der Waals surface area (Å²) in [5.41, 5.74) is 3.68. The van der Waals surface area contributed by atoms with Crippen molar-refractivity contribution in [1.29, 1.82) is 0 Å². The molecule has 2 aromatic rings. The zero-order chi connectivity index (χ0) is 19.3. The van der Waals surface area contributed by atoms with Crippen molar-refractivity contribution >= 4 is 36.6 Å². The second-order valence-corrected chi connectivity index (χ2v) is 9.13. The highest BCUT2D eigenvalue weighted by Crippen LogP contribution is 2.44. The molecule has 0 spiro atoms. The lowest BCUT2D eigenvalue weighted by atomic mass is 9.91. The number of allylic oxidation sites excluding steroid dienone is 1. The number of carbonyl (C=O) groups is 1. The molecular formula is C21H23N4O2P. The minimum atomic E-state index is -0.0395. The molecule has 0 radical (unpaired) electrons. The molecule has 2 unspecified atom stereocenters. The van der Waals surface area contributed by atoms with Crippen LogP contribution in [0.3, 0.4) is 0 Å². The molecule has 0 N–H and O–H groups in total. The molecule has 6 nitrogen and oxygen atoms in total. The Hall–Kier alpha value is -2.30. The largest absolute Gasteiger partial charge is 0.441 e. The van der Waals surface area contributed by atoms with Gasteiger partial charge in [0.1, 0.15) is 5.52 Å². The van der Waals surface area contributed by atoms with Gasteiger partial charge in [-0.3, -0.25) is 4.79 Å². The molecule has 144 valence electrons. The van der Waals surface area contributed by atoms with Crippen LogP contribution in [0.2, 0.25) is 0 Å². The first-order chi connectivity index (χ1) is 13.6. The fraction of sp³-hybridized carbons (Fsp3) is 0.381. The summed E-state index contributed by atoms with van der Waals surface area (Å²) in [5.74, 6) is 1.07. The topological polar surface area (TPSA) is 61.9 Å². The van der Waals surface area contributed by atoms with Gasteiger partial charge < -0.3 is 9.32 Å². The lowest BCUT2D eigenvalue weighted by Gasteiger charge is -2.35. The molecule has 1 saturated heterocycles. The SMILES string of the molecule is Cc1nc2ccc(C3=CC(=O)N4N=C(C5CCN(C)CC5)C=CC4P3)cc2o1. The van der Waals surface area contributed by atoms with Crippen LogP contribution in [0.25, 0.3) is 16.4 Å². The second kappa shape index (κ2) is 6.94. The van der Waals surface area contributed by atoms with Crippen LogP contribution in [-0.2, 0) is 4.79 Å². The minimum absolute atomic E-state index is 0.00896. The Morgan fingerprint density at radius 2 is 2.07 bits per heavy atom. The van der Waals surface area contributed by atoms with Crippen LogP contribution >= 0.6 is 8.58 Å². The van der Waals surface area contributed by atoms with E-state index >= 15 is 0 Å². The first-order valence-electron chi connectivity index (χ1n) is 9.71. The number of nitrogens with zero attached hydrogens (tertiary/aromatic N) is 4. The maximum absolute atomic E-state index is 12.8. The highest BCUT2D eigenvalue weighted by molar-refractivity contribution is 7.51. The fourth-order valence-corrected chi connectivity index (χ4v) is 5.42. The van der Waals surface area contributed by atoms with Crippen LogP contribution < -0.4 is 0 Å². The van der Waals surface area contributed by atoms with Crippen molar-refractivity contribution in [2.75, 3.05) is 20.1 Å². The van der Waals surface area contributed by atoms with E-state index in [-0.39, 0.29) is 11.7 Å². The molecule has 4 heterocycles. The first kappa shape index (κ1) is 17.8. The van der Waals surface area contributed by atoms with Crippen LogP contribution in [0.4, 0.5) is 0 Å². The van der Waals surface area contributed by atoms with Gasteiger partial charge in [0.25, 0.3) is 5.91 Å². The number of carbonyl (C=O) groups excluding carboxylic acids is 1. The van der Waals surface area contributed by atoms with Crippen LogP contribution in [0.1, 0.15) is 24.3 Å². The number of aromatic nitrogens is 1. The zero-order valence-corrected chi connectivity index (χ0v) is 17.1. The minimum Gasteiger partial charge on any atom is -0.441 e. The highest BCUT2D eigenvalue weighted by atomic mass is 31.1. The standard InChI is InChI=1S/C21H23N4O2P/c1-13-22-17-4-3-15(11-18(17)27-13)19-12-20(26)25-21(28-19)6-5-16(23-25)14-7-9-24(2)10-8-14/h3-6,11-12,14,21,28H,7-10H2,1-2H3. The van der Waals surface area contributed by atoms with Crippen molar-refractivity contribution in [3.63, 3.8) is 0 Å². The number of benzene rings is 1. The van der Waals surface area contributed by atoms with Crippen molar-refractivity contribution in [1.82, 2.24) is 14.9 Å². The van der Waals surface area contributed by atoms with Crippen LogP contribution in [0, 0.1) is 12.8 Å². The summed E-state index contributed by atoms with van der Waals surface area (Å²) in [5, 5.41) is 7.46. The number of amides is 1. The smallest absolute Gasteiger partial charge is 0.268 e. The average molecular weight is 394 g/mol. The van der Waals surface area contributed by atoms with E-state index in [0.29, 0.717) is 20.4 Å². The van der Waals surface area contributed by atoms with E-state index in [4.69, 9.17) is 9.52 Å². The van der Waals surface area contributed by atoms with Crippen molar-refractivity contribution in [3.8, 4) is 0 Å². The summed E-state index contributed by atoms with van der Waals surface area (Å²) in [7, 11) is 2.62. The van der Waals surface area contributed by atoms with E-state index in [1.807, 2.05) is 25.1 Å². The van der Waals surface area contributed by atoms with E-state index in [0.717, 1.165) is 53.6 Å². The Labute approximate surface area is 165 Å². The van der Waals surface area contributed by atoms with Crippen molar-refractivity contribution in [3.05, 3.63) is 47.9 Å². The molecule has 1 aromatic heterocycles. The van der Waals surface area contributed by atoms with Gasteiger partial charge in [-0.05, 0) is 62.1 Å². The molecule has 7 heteroatoms. The molecule has 2 atom stereocenters. The Morgan fingerprint density at radius 3 is 2.89 bits per heavy atom. The maximum Gasteiger partial charge on any atom is 0.268 e. The number of fused-ring (bicyclic) bond motifs is 2. The lowest BCUT2D eigenvalue weighted by Crippen LogP contribution is -2.40. The van der Waals surface area contributed by atoms with E-state index in [9.17, 15) is 4.79 Å². The summed E-state index contributed by atoms with van der Waals surface area (Å²) in [4.78, 5) is 19.5. The molecule has 5 rings (SSSR count). The highest BCUT2D eigenvalue weighted by Gasteiger charge is 2.32. The average Bonchev–Trinajstić information content (AvgIpc) is 3.07. The van der Waals surface area contributed by atoms with Crippen molar-refractivity contribution in [2.45, 2.75) is 25.5 Å². The summed E-state index contributed by atoms with van der Waals surface area (Å²) in [6, 6.07) is 5.96. The molecule has 0 saturated carbocycles. The Morgan fingerprint density at radius 1 is 1.25 bits per heavy atom. The van der Waals surface area contributed by atoms with Gasteiger partial charge in [0.05, 0.1) is 11.5 Å². The molecule has 28 heavy (non-hydrogen) atoms. The number of oxazole rings is 1. The monoisotopic (exact) mass is 394 g/mol. The van der Waals surface area contributed by atoms with E-state index in [1.54, 1.807) is 11.1 Å². The van der Waals surface area contributed by atoms with E-state index in [2.05, 4.69) is 29.1 Å². The molecule has 3 aliphatic rings. The number of aryl methyl sites for hydroxylation is 1. The van der Waals surface area contributed by atoms with Crippen molar-refractivity contribution < 1.29 is 9.21 Å². The van der Waals surface area contributed by atoms with Gasteiger partial charge in [0.2, 0.25) is 0 Å². The number of rotatable bonds is 2. The normalized spacial score (nSPS) is 24.6. The van der Waals surface area contributed by atoms with E-state index < -0.39 is 0 Å². The Kier molecular flexibility index (Phi) is 4.41. The Balaban J connectivity index is 1.40. The van der Waals surface area contributed by atoms with Gasteiger partial charge in [-0.15, -0.1) is 0 Å². The summed E-state index contributed by atoms with van der Waals surface area (Å²) < 4.78 is 5.65. The fourth-order valence-electron chi connectivity index (χ4n) is 4.07. The van der Waals surface area contributed by atoms with Crippen molar-refractivity contribution in [2.24, 2.45) is 11.0 Å². The number of hydrogen-bond donors (Lipinski definition) is 0. The quantitative estimate of drug-likeness (QED) is 0.731. The van der Waals surface area contributed by atoms with Gasteiger partial charge in [-0.1, -0.05) is 20.7 Å². The number of piperidine rings is 1. The number of hydrogen-bond acceptors (Lipinski definition) is 5. The van der Waals surface area contributed by atoms with Gasteiger partial charge in [0.15, 0.2) is 11.5 Å². The molecular weight excluding hydrogens is 371 g/mol. The third-order valence-electron chi connectivity index (χ3n) is 5.68. The molecule has 1 aromatic carbocycles. The van der Waals surface area contributed by atoms with E-state index in [1.165, 1.54) is 0 Å². The zero-order valence-electron chi connectivity index (χ0n) is 16.1. The molecule has 0 aliphatic carbocycles. The van der Waals surface area contributed by atoms with Crippen LogP contribution in [-0.4, -0.2) is 52.4 Å².